The first-order chi connectivity index (χ1) is 16.1. The van der Waals surface area contributed by atoms with Crippen molar-refractivity contribution in [3.63, 3.8) is 0 Å². The van der Waals surface area contributed by atoms with Gasteiger partial charge in [-0.15, -0.1) is 11.3 Å². The zero-order valence-corrected chi connectivity index (χ0v) is 20.0. The van der Waals surface area contributed by atoms with Gasteiger partial charge in [0.2, 0.25) is 17.7 Å². The maximum atomic E-state index is 13.3. The molecule has 1 aliphatic heterocycles. The van der Waals surface area contributed by atoms with Gasteiger partial charge in [0.25, 0.3) is 0 Å². The Morgan fingerprint density at radius 2 is 1.88 bits per heavy atom. The van der Waals surface area contributed by atoms with Crippen molar-refractivity contribution >= 4 is 51.5 Å². The van der Waals surface area contributed by atoms with Crippen LogP contribution in [0.5, 0.6) is 0 Å². The van der Waals surface area contributed by atoms with Crippen LogP contribution in [0.3, 0.4) is 0 Å². The number of imidazole rings is 1. The minimum absolute atomic E-state index is 0.166. The molecule has 2 fully saturated rings. The van der Waals surface area contributed by atoms with Crippen molar-refractivity contribution in [2.45, 2.75) is 38.1 Å². The van der Waals surface area contributed by atoms with E-state index in [1.807, 2.05) is 52.7 Å². The Hall–Kier alpha value is -2.65. The zero-order valence-electron chi connectivity index (χ0n) is 18.4. The van der Waals surface area contributed by atoms with E-state index in [-0.39, 0.29) is 29.6 Å². The van der Waals surface area contributed by atoms with E-state index < -0.39 is 6.04 Å². The number of thiazole rings is 1. The molecule has 9 heteroatoms. The molecule has 1 saturated carbocycles. The molecule has 3 heterocycles. The molecule has 3 unspecified atom stereocenters. The van der Waals surface area contributed by atoms with Gasteiger partial charge in [-0.05, 0) is 43.4 Å². The van der Waals surface area contributed by atoms with Gasteiger partial charge >= 0.3 is 0 Å². The standard InChI is InChI=1S/C24H26N4O3S2/c1-32-12-10-20(28-22(30)17-4-2-3-5-18(17)23(28)31)21(29)25-16-8-6-15(7-9-16)19-14-27-11-13-33-24(27)26-19/h6-9,11,13-14,17-18,20H,2-5,10,12H2,1H3,(H,25,29). The van der Waals surface area contributed by atoms with Crippen molar-refractivity contribution in [1.29, 1.82) is 0 Å². The van der Waals surface area contributed by atoms with Gasteiger partial charge in [0.05, 0.1) is 17.5 Å². The van der Waals surface area contributed by atoms with E-state index >= 15 is 0 Å². The number of hydrogen-bond acceptors (Lipinski definition) is 6. The predicted octanol–water partition coefficient (Wildman–Crippen LogP) is 4.30. The lowest BCUT2D eigenvalue weighted by Gasteiger charge is -2.26. The van der Waals surface area contributed by atoms with Crippen LogP contribution >= 0.6 is 23.1 Å². The third kappa shape index (κ3) is 4.19. The third-order valence-electron chi connectivity index (χ3n) is 6.63. The Morgan fingerprint density at radius 1 is 1.18 bits per heavy atom. The molecular formula is C24H26N4O3S2. The molecule has 1 saturated heterocycles. The van der Waals surface area contributed by atoms with Crippen LogP contribution in [0, 0.1) is 11.8 Å². The molecule has 33 heavy (non-hydrogen) atoms. The van der Waals surface area contributed by atoms with Gasteiger partial charge in [0.1, 0.15) is 6.04 Å². The summed E-state index contributed by atoms with van der Waals surface area (Å²) < 4.78 is 1.98. The molecule has 3 amide bonds. The number of likely N-dealkylation sites (tertiary alicyclic amines) is 1. The number of aromatic nitrogens is 2. The number of amides is 3. The highest BCUT2D eigenvalue weighted by Crippen LogP contribution is 2.39. The molecule has 3 atom stereocenters. The molecule has 1 aliphatic carbocycles. The normalized spacial score (nSPS) is 21.4. The van der Waals surface area contributed by atoms with Crippen molar-refractivity contribution in [2.24, 2.45) is 11.8 Å². The van der Waals surface area contributed by atoms with E-state index in [0.717, 1.165) is 41.9 Å². The van der Waals surface area contributed by atoms with Crippen LogP contribution in [0.15, 0.2) is 42.0 Å². The van der Waals surface area contributed by atoms with Crippen molar-refractivity contribution < 1.29 is 14.4 Å². The first-order valence-corrected chi connectivity index (χ1v) is 13.5. The second-order valence-corrected chi connectivity index (χ2v) is 10.5. The highest BCUT2D eigenvalue weighted by atomic mass is 32.2. The summed E-state index contributed by atoms with van der Waals surface area (Å²) in [5.41, 5.74) is 2.46. The highest BCUT2D eigenvalue weighted by molar-refractivity contribution is 7.98. The summed E-state index contributed by atoms with van der Waals surface area (Å²) in [6, 6.07) is 6.72. The average molecular weight is 483 g/mol. The molecule has 0 radical (unpaired) electrons. The number of carbonyl (C=O) groups excluding carboxylic acids is 3. The van der Waals surface area contributed by atoms with E-state index in [1.165, 1.54) is 4.90 Å². The van der Waals surface area contributed by atoms with E-state index in [9.17, 15) is 14.4 Å². The monoisotopic (exact) mass is 482 g/mol. The summed E-state index contributed by atoms with van der Waals surface area (Å²) in [4.78, 5) is 46.2. The van der Waals surface area contributed by atoms with Crippen LogP contribution in [0.4, 0.5) is 5.69 Å². The number of nitrogens with one attached hydrogen (secondary N) is 1. The van der Waals surface area contributed by atoms with Gasteiger partial charge in [0.15, 0.2) is 4.96 Å². The number of nitrogens with zero attached hydrogens (tertiary/aromatic N) is 3. The van der Waals surface area contributed by atoms with E-state index in [1.54, 1.807) is 23.1 Å². The van der Waals surface area contributed by atoms with Crippen LogP contribution in [0.2, 0.25) is 0 Å². The Kier molecular flexibility index (Phi) is 6.25. The number of hydrogen-bond donors (Lipinski definition) is 1. The van der Waals surface area contributed by atoms with Crippen molar-refractivity contribution in [2.75, 3.05) is 17.3 Å². The lowest BCUT2D eigenvalue weighted by molar-refractivity contribution is -0.146. The molecule has 0 spiro atoms. The molecule has 1 aromatic carbocycles. The Bertz CT molecular complexity index is 1130. The van der Waals surface area contributed by atoms with Crippen molar-refractivity contribution in [3.05, 3.63) is 42.0 Å². The summed E-state index contributed by atoms with van der Waals surface area (Å²) in [6.45, 7) is 0. The number of fused-ring (bicyclic) bond motifs is 2. The fourth-order valence-electron chi connectivity index (χ4n) is 4.92. The number of carbonyl (C=O) groups is 3. The van der Waals surface area contributed by atoms with Gasteiger partial charge in [-0.3, -0.25) is 23.7 Å². The van der Waals surface area contributed by atoms with Crippen LogP contribution in [-0.4, -0.2) is 50.1 Å². The molecule has 5 rings (SSSR count). The van der Waals surface area contributed by atoms with Crippen LogP contribution in [0.25, 0.3) is 16.2 Å². The highest BCUT2D eigenvalue weighted by Gasteiger charge is 2.51. The lowest BCUT2D eigenvalue weighted by Crippen LogP contribution is -2.48. The van der Waals surface area contributed by atoms with Crippen LogP contribution in [-0.2, 0) is 14.4 Å². The number of benzene rings is 1. The van der Waals surface area contributed by atoms with Crippen LogP contribution in [0.1, 0.15) is 32.1 Å². The summed E-state index contributed by atoms with van der Waals surface area (Å²) in [7, 11) is 0. The molecule has 172 valence electrons. The fraction of sp³-hybridized carbons (Fsp3) is 0.417. The molecule has 2 aliphatic rings. The molecule has 3 aromatic rings. The second kappa shape index (κ2) is 9.30. The first-order valence-electron chi connectivity index (χ1n) is 11.3. The van der Waals surface area contributed by atoms with Gasteiger partial charge in [0, 0.05) is 29.0 Å². The topological polar surface area (TPSA) is 83.8 Å². The first kappa shape index (κ1) is 22.2. The summed E-state index contributed by atoms with van der Waals surface area (Å²) in [6.07, 6.45) is 9.78. The summed E-state index contributed by atoms with van der Waals surface area (Å²) in [5, 5.41) is 4.92. The largest absolute Gasteiger partial charge is 0.324 e. The second-order valence-electron chi connectivity index (χ2n) is 8.63. The maximum Gasteiger partial charge on any atom is 0.247 e. The smallest absolute Gasteiger partial charge is 0.247 e. The Morgan fingerprint density at radius 3 is 2.52 bits per heavy atom. The van der Waals surface area contributed by atoms with Gasteiger partial charge in [-0.25, -0.2) is 4.98 Å². The number of thioether (sulfide) groups is 1. The molecule has 1 N–H and O–H groups in total. The number of rotatable bonds is 7. The zero-order chi connectivity index (χ0) is 22.9. The number of anilines is 1. The fourth-order valence-corrected chi connectivity index (χ4v) is 6.08. The van der Waals surface area contributed by atoms with Crippen LogP contribution < -0.4 is 5.32 Å². The molecule has 0 bridgehead atoms. The lowest BCUT2D eigenvalue weighted by atomic mass is 9.81. The van der Waals surface area contributed by atoms with Crippen molar-refractivity contribution in [3.8, 4) is 11.3 Å². The average Bonchev–Trinajstić information content (AvgIpc) is 3.50. The van der Waals surface area contributed by atoms with E-state index in [4.69, 9.17) is 0 Å². The quantitative estimate of drug-likeness (QED) is 0.508. The molecule has 7 nitrogen and oxygen atoms in total. The Labute approximate surface area is 200 Å². The molecule has 2 aromatic heterocycles. The maximum absolute atomic E-state index is 13.3. The minimum Gasteiger partial charge on any atom is -0.324 e. The summed E-state index contributed by atoms with van der Waals surface area (Å²) >= 11 is 3.18. The van der Waals surface area contributed by atoms with E-state index in [0.29, 0.717) is 17.9 Å². The van der Waals surface area contributed by atoms with Gasteiger partial charge in [-0.1, -0.05) is 25.0 Å². The molecular weight excluding hydrogens is 456 g/mol. The number of imide groups is 1. The van der Waals surface area contributed by atoms with Gasteiger partial charge < -0.3 is 5.32 Å². The predicted molar refractivity (Wildman–Crippen MR) is 131 cm³/mol. The van der Waals surface area contributed by atoms with Crippen molar-refractivity contribution in [1.82, 2.24) is 14.3 Å². The Balaban J connectivity index is 1.33. The van der Waals surface area contributed by atoms with Gasteiger partial charge in [-0.2, -0.15) is 11.8 Å². The minimum atomic E-state index is -0.775. The third-order valence-corrected chi connectivity index (χ3v) is 8.04. The SMILES string of the molecule is CSCCC(C(=O)Nc1ccc(-c2cn3ccsc3n2)cc1)N1C(=O)C2CCCCC2C1=O. The van der Waals surface area contributed by atoms with E-state index in [2.05, 4.69) is 10.3 Å². The summed E-state index contributed by atoms with van der Waals surface area (Å²) in [5.74, 6) is -0.443.